The normalized spacial score (nSPS) is 26.8. The Morgan fingerprint density at radius 1 is 1.12 bits per heavy atom. The molecule has 0 unspecified atom stereocenters. The first kappa shape index (κ1) is 17.3. The summed E-state index contributed by atoms with van der Waals surface area (Å²) in [6.45, 7) is 5.15. The van der Waals surface area contributed by atoms with Gasteiger partial charge in [-0.05, 0) is 37.6 Å². The van der Waals surface area contributed by atoms with Crippen LogP contribution in [0.5, 0.6) is 0 Å². The number of hydrogen-bond acceptors (Lipinski definition) is 4. The molecule has 1 amide bonds. The minimum absolute atomic E-state index is 0.197. The third-order valence-electron chi connectivity index (χ3n) is 5.07. The van der Waals surface area contributed by atoms with Gasteiger partial charge >= 0.3 is 0 Å². The molecule has 2 saturated heterocycles. The van der Waals surface area contributed by atoms with Crippen molar-refractivity contribution in [2.75, 3.05) is 46.3 Å². The number of piperidine rings is 1. The van der Waals surface area contributed by atoms with E-state index in [2.05, 4.69) is 16.8 Å². The van der Waals surface area contributed by atoms with Crippen LogP contribution in [0.4, 0.5) is 4.39 Å². The maximum absolute atomic E-state index is 13.0. The Morgan fingerprint density at radius 3 is 2.46 bits per heavy atom. The summed E-state index contributed by atoms with van der Waals surface area (Å²) in [5.74, 6) is -0.479. The summed E-state index contributed by atoms with van der Waals surface area (Å²) < 4.78 is 13.0. The number of rotatable bonds is 4. The van der Waals surface area contributed by atoms with Gasteiger partial charge in [-0.3, -0.25) is 9.69 Å². The molecule has 1 aromatic carbocycles. The average Bonchev–Trinajstić information content (AvgIpc) is 2.56. The van der Waals surface area contributed by atoms with Crippen molar-refractivity contribution < 1.29 is 14.3 Å². The Labute approximate surface area is 142 Å². The van der Waals surface area contributed by atoms with E-state index >= 15 is 0 Å². The number of amides is 1. The van der Waals surface area contributed by atoms with Crippen molar-refractivity contribution in [1.29, 1.82) is 0 Å². The van der Waals surface area contributed by atoms with E-state index < -0.39 is 5.60 Å². The lowest BCUT2D eigenvalue weighted by molar-refractivity contribution is -0.160. The molecule has 0 aliphatic carbocycles. The average molecular weight is 335 g/mol. The Balaban J connectivity index is 1.63. The summed E-state index contributed by atoms with van der Waals surface area (Å²) in [4.78, 5) is 19.0. The second-order valence-electron chi connectivity index (χ2n) is 7.07. The molecule has 1 N–H and O–H groups in total. The highest BCUT2D eigenvalue weighted by Gasteiger charge is 2.43. The van der Waals surface area contributed by atoms with E-state index in [0.29, 0.717) is 26.1 Å². The minimum Gasteiger partial charge on any atom is -0.379 e. The third kappa shape index (κ3) is 3.94. The second kappa shape index (κ2) is 7.17. The molecule has 1 atom stereocenters. The molecular weight excluding hydrogens is 309 g/mol. The van der Waals surface area contributed by atoms with Gasteiger partial charge in [0.15, 0.2) is 5.60 Å². The largest absolute Gasteiger partial charge is 0.379 e. The molecule has 0 radical (unpaired) electrons. The number of likely N-dealkylation sites (tertiary alicyclic amines) is 1. The van der Waals surface area contributed by atoms with Crippen molar-refractivity contribution in [2.24, 2.45) is 0 Å². The zero-order valence-electron chi connectivity index (χ0n) is 14.2. The zero-order chi connectivity index (χ0) is 17.2. The highest BCUT2D eigenvalue weighted by Crippen LogP contribution is 2.25. The lowest BCUT2D eigenvalue weighted by Crippen LogP contribution is -2.60. The van der Waals surface area contributed by atoms with Crippen molar-refractivity contribution in [2.45, 2.75) is 25.0 Å². The van der Waals surface area contributed by atoms with E-state index in [-0.39, 0.29) is 11.7 Å². The minimum atomic E-state index is -1.30. The quantitative estimate of drug-likeness (QED) is 0.889. The standard InChI is InChI=1S/C18H26FN3O2/c1-20-9-11-21(12-10-20)14-18(24)7-2-8-22(17(18)23)13-15-3-5-16(19)6-4-15/h3-6,24H,2,7-14H2,1H3/t18-/m1/s1. The van der Waals surface area contributed by atoms with Crippen molar-refractivity contribution in [3.63, 3.8) is 0 Å². The van der Waals surface area contributed by atoms with Crippen molar-refractivity contribution in [3.8, 4) is 0 Å². The molecule has 3 rings (SSSR count). The molecule has 6 heteroatoms. The van der Waals surface area contributed by atoms with Gasteiger partial charge < -0.3 is 14.9 Å². The van der Waals surface area contributed by atoms with Crippen molar-refractivity contribution in [3.05, 3.63) is 35.6 Å². The Bertz CT molecular complexity index is 572. The lowest BCUT2D eigenvalue weighted by atomic mass is 9.90. The predicted octanol–water partition coefficient (Wildman–Crippen LogP) is 0.927. The molecule has 132 valence electrons. The highest BCUT2D eigenvalue weighted by atomic mass is 19.1. The SMILES string of the molecule is CN1CCN(C[C@]2(O)CCCN(Cc3ccc(F)cc3)C2=O)CC1. The number of hydrogen-bond donors (Lipinski definition) is 1. The summed E-state index contributed by atoms with van der Waals surface area (Å²) in [5, 5.41) is 10.9. The van der Waals surface area contributed by atoms with Crippen LogP contribution in [0.1, 0.15) is 18.4 Å². The number of likely N-dealkylation sites (N-methyl/N-ethyl adjacent to an activating group) is 1. The van der Waals surface area contributed by atoms with Gasteiger partial charge in [0.25, 0.3) is 5.91 Å². The third-order valence-corrected chi connectivity index (χ3v) is 5.07. The molecule has 2 fully saturated rings. The van der Waals surface area contributed by atoms with E-state index in [1.807, 2.05) is 0 Å². The number of carbonyl (C=O) groups excluding carboxylic acids is 1. The Morgan fingerprint density at radius 2 is 1.79 bits per heavy atom. The summed E-state index contributed by atoms with van der Waals surface area (Å²) in [6.07, 6.45) is 1.30. The van der Waals surface area contributed by atoms with E-state index in [0.717, 1.165) is 38.2 Å². The fraction of sp³-hybridized carbons (Fsp3) is 0.611. The Kier molecular flexibility index (Phi) is 5.18. The summed E-state index contributed by atoms with van der Waals surface area (Å²) >= 11 is 0. The molecule has 0 spiro atoms. The van der Waals surface area contributed by atoms with Crippen LogP contribution in [0.15, 0.2) is 24.3 Å². The molecule has 2 aliphatic rings. The van der Waals surface area contributed by atoms with Gasteiger partial charge in [-0.25, -0.2) is 4.39 Å². The smallest absolute Gasteiger partial charge is 0.256 e. The van der Waals surface area contributed by atoms with E-state index in [1.54, 1.807) is 17.0 Å². The number of β-amino-alcohol motifs (C(OH)–C–C–N with tert-alkyl or cyclic N) is 1. The fourth-order valence-corrected chi connectivity index (χ4v) is 3.55. The lowest BCUT2D eigenvalue weighted by Gasteiger charge is -2.42. The summed E-state index contributed by atoms with van der Waals surface area (Å²) in [6, 6.07) is 6.19. The number of carbonyl (C=O) groups is 1. The van der Waals surface area contributed by atoms with Crippen LogP contribution >= 0.6 is 0 Å². The van der Waals surface area contributed by atoms with Crippen LogP contribution in [0.25, 0.3) is 0 Å². The molecule has 5 nitrogen and oxygen atoms in total. The number of nitrogens with zero attached hydrogens (tertiary/aromatic N) is 3. The van der Waals surface area contributed by atoms with Crippen molar-refractivity contribution >= 4 is 5.91 Å². The molecule has 2 aliphatic heterocycles. The van der Waals surface area contributed by atoms with Gasteiger partial charge in [-0.15, -0.1) is 0 Å². The van der Waals surface area contributed by atoms with Crippen LogP contribution < -0.4 is 0 Å². The van der Waals surface area contributed by atoms with Gasteiger partial charge in [0.2, 0.25) is 0 Å². The van der Waals surface area contributed by atoms with Gasteiger partial charge in [-0.2, -0.15) is 0 Å². The van der Waals surface area contributed by atoms with E-state index in [4.69, 9.17) is 0 Å². The molecule has 24 heavy (non-hydrogen) atoms. The van der Waals surface area contributed by atoms with Crippen LogP contribution in [0.2, 0.25) is 0 Å². The molecule has 0 aromatic heterocycles. The van der Waals surface area contributed by atoms with Gasteiger partial charge in [0, 0.05) is 45.8 Å². The van der Waals surface area contributed by atoms with Gasteiger partial charge in [-0.1, -0.05) is 12.1 Å². The van der Waals surface area contributed by atoms with E-state index in [9.17, 15) is 14.3 Å². The second-order valence-corrected chi connectivity index (χ2v) is 7.07. The van der Waals surface area contributed by atoms with Gasteiger partial charge in [0.1, 0.15) is 5.82 Å². The van der Waals surface area contributed by atoms with Crippen molar-refractivity contribution in [1.82, 2.24) is 14.7 Å². The maximum Gasteiger partial charge on any atom is 0.256 e. The van der Waals surface area contributed by atoms with Crippen LogP contribution in [-0.4, -0.2) is 77.6 Å². The molecule has 1 aromatic rings. The molecule has 0 bridgehead atoms. The number of benzene rings is 1. The first-order valence-corrected chi connectivity index (χ1v) is 8.63. The molecule has 0 saturated carbocycles. The first-order chi connectivity index (χ1) is 11.5. The highest BCUT2D eigenvalue weighted by molar-refractivity contribution is 5.86. The Hall–Kier alpha value is -1.50. The number of piperazine rings is 1. The first-order valence-electron chi connectivity index (χ1n) is 8.63. The zero-order valence-corrected chi connectivity index (χ0v) is 14.2. The van der Waals surface area contributed by atoms with Crippen LogP contribution in [-0.2, 0) is 11.3 Å². The monoisotopic (exact) mass is 335 g/mol. The van der Waals surface area contributed by atoms with Crippen LogP contribution in [0.3, 0.4) is 0 Å². The topological polar surface area (TPSA) is 47.0 Å². The van der Waals surface area contributed by atoms with Crippen LogP contribution in [0, 0.1) is 5.82 Å². The molecule has 2 heterocycles. The summed E-state index contributed by atoms with van der Waals surface area (Å²) in [7, 11) is 2.09. The number of halogens is 1. The maximum atomic E-state index is 13.0. The fourth-order valence-electron chi connectivity index (χ4n) is 3.55. The predicted molar refractivity (Wildman–Crippen MR) is 89.9 cm³/mol. The number of aliphatic hydroxyl groups is 1. The molecular formula is C18H26FN3O2. The van der Waals surface area contributed by atoms with E-state index in [1.165, 1.54) is 12.1 Å². The summed E-state index contributed by atoms with van der Waals surface area (Å²) in [5.41, 5.74) is -0.414. The van der Waals surface area contributed by atoms with Gasteiger partial charge in [0.05, 0.1) is 0 Å².